The molecule has 1 aromatic heterocycles. The molecule has 0 radical (unpaired) electrons. The quantitative estimate of drug-likeness (QED) is 0.819. The smallest absolute Gasteiger partial charge is 0.195 e. The van der Waals surface area contributed by atoms with E-state index < -0.39 is 0 Å². The Morgan fingerprint density at radius 1 is 1.44 bits per heavy atom. The third-order valence-electron chi connectivity index (χ3n) is 2.43. The van der Waals surface area contributed by atoms with Crippen LogP contribution in [0.15, 0.2) is 22.7 Å². The Balaban J connectivity index is 2.53. The molecule has 2 aromatic rings. The summed E-state index contributed by atoms with van der Waals surface area (Å²) in [6.07, 6.45) is 0. The van der Waals surface area contributed by atoms with Crippen molar-refractivity contribution in [3.63, 3.8) is 0 Å². The van der Waals surface area contributed by atoms with Crippen molar-refractivity contribution in [2.24, 2.45) is 5.92 Å². The SMILES string of the molecule is CC(C)Cn1c(-c2cc(Cl)cc(Br)c2)n[nH]c1=S. The zero-order valence-corrected chi connectivity index (χ0v) is 13.2. The van der Waals surface area contributed by atoms with Gasteiger partial charge in [-0.05, 0) is 36.3 Å². The normalized spacial score (nSPS) is 11.2. The van der Waals surface area contributed by atoms with Crippen LogP contribution in [0.2, 0.25) is 5.02 Å². The van der Waals surface area contributed by atoms with Crippen LogP contribution in [-0.4, -0.2) is 14.8 Å². The summed E-state index contributed by atoms with van der Waals surface area (Å²) < 4.78 is 3.56. The Labute approximate surface area is 124 Å². The van der Waals surface area contributed by atoms with E-state index in [1.165, 1.54) is 0 Å². The summed E-state index contributed by atoms with van der Waals surface area (Å²) in [5.74, 6) is 1.31. The number of aromatic nitrogens is 3. The van der Waals surface area contributed by atoms with Gasteiger partial charge in [-0.25, -0.2) is 0 Å². The average Bonchev–Trinajstić information content (AvgIpc) is 2.58. The Morgan fingerprint density at radius 2 is 2.17 bits per heavy atom. The molecule has 0 saturated heterocycles. The molecule has 0 spiro atoms. The van der Waals surface area contributed by atoms with Gasteiger partial charge in [0.1, 0.15) is 0 Å². The van der Waals surface area contributed by atoms with E-state index in [1.807, 2.05) is 22.8 Å². The molecule has 0 unspecified atom stereocenters. The van der Waals surface area contributed by atoms with Crippen molar-refractivity contribution in [2.45, 2.75) is 20.4 Å². The molecular formula is C12H13BrClN3S. The summed E-state index contributed by atoms with van der Waals surface area (Å²) in [5.41, 5.74) is 0.947. The molecular weight excluding hydrogens is 334 g/mol. The Kier molecular flexibility index (Phi) is 4.25. The number of nitrogens with zero attached hydrogens (tertiary/aromatic N) is 2. The number of H-pyrrole nitrogens is 1. The maximum Gasteiger partial charge on any atom is 0.195 e. The molecule has 0 aliphatic heterocycles. The summed E-state index contributed by atoms with van der Waals surface area (Å²) in [7, 11) is 0. The predicted octanol–water partition coefficient (Wildman–Crippen LogP) is 4.68. The maximum atomic E-state index is 6.06. The van der Waals surface area contributed by atoms with E-state index in [4.69, 9.17) is 23.8 Å². The number of hydrogen-bond acceptors (Lipinski definition) is 2. The Morgan fingerprint density at radius 3 is 2.78 bits per heavy atom. The fourth-order valence-electron chi connectivity index (χ4n) is 1.76. The van der Waals surface area contributed by atoms with Gasteiger partial charge in [-0.2, -0.15) is 5.10 Å². The molecule has 96 valence electrons. The lowest BCUT2D eigenvalue weighted by Gasteiger charge is -2.09. The zero-order valence-electron chi connectivity index (χ0n) is 10.1. The van der Waals surface area contributed by atoms with E-state index in [0.717, 1.165) is 22.4 Å². The fourth-order valence-corrected chi connectivity index (χ4v) is 2.82. The third-order valence-corrected chi connectivity index (χ3v) is 3.41. The van der Waals surface area contributed by atoms with Crippen LogP contribution in [0, 0.1) is 10.7 Å². The van der Waals surface area contributed by atoms with Gasteiger partial charge in [0.25, 0.3) is 0 Å². The highest BCUT2D eigenvalue weighted by Gasteiger charge is 2.11. The second kappa shape index (κ2) is 5.55. The molecule has 0 bridgehead atoms. The van der Waals surface area contributed by atoms with E-state index in [9.17, 15) is 0 Å². The maximum absolute atomic E-state index is 6.06. The van der Waals surface area contributed by atoms with E-state index in [1.54, 1.807) is 0 Å². The second-order valence-corrected chi connectivity index (χ2v) is 6.25. The van der Waals surface area contributed by atoms with Crippen LogP contribution in [0.4, 0.5) is 0 Å². The first-order chi connectivity index (χ1) is 8.47. The summed E-state index contributed by atoms with van der Waals surface area (Å²) in [6.45, 7) is 5.12. The van der Waals surface area contributed by atoms with Gasteiger partial charge in [-0.1, -0.05) is 41.4 Å². The number of nitrogens with one attached hydrogen (secondary N) is 1. The van der Waals surface area contributed by atoms with Crippen LogP contribution in [0.1, 0.15) is 13.8 Å². The molecule has 1 N–H and O–H groups in total. The van der Waals surface area contributed by atoms with Crippen molar-refractivity contribution in [2.75, 3.05) is 0 Å². The Bertz CT molecular complexity index is 598. The summed E-state index contributed by atoms with van der Waals surface area (Å²) in [6, 6.07) is 5.71. The first-order valence-electron chi connectivity index (χ1n) is 5.59. The molecule has 0 amide bonds. The molecule has 18 heavy (non-hydrogen) atoms. The summed E-state index contributed by atoms with van der Waals surface area (Å²) >= 11 is 14.8. The largest absolute Gasteiger partial charge is 0.300 e. The lowest BCUT2D eigenvalue weighted by molar-refractivity contribution is 0.521. The lowest BCUT2D eigenvalue weighted by Crippen LogP contribution is -2.06. The molecule has 1 aromatic carbocycles. The van der Waals surface area contributed by atoms with Crippen molar-refractivity contribution in [1.82, 2.24) is 14.8 Å². The van der Waals surface area contributed by atoms with E-state index in [0.29, 0.717) is 15.7 Å². The highest BCUT2D eigenvalue weighted by atomic mass is 79.9. The highest BCUT2D eigenvalue weighted by Crippen LogP contribution is 2.26. The lowest BCUT2D eigenvalue weighted by atomic mass is 10.2. The second-order valence-electron chi connectivity index (χ2n) is 4.51. The topological polar surface area (TPSA) is 33.6 Å². The first kappa shape index (κ1) is 13.8. The minimum atomic E-state index is 0.496. The predicted molar refractivity (Wildman–Crippen MR) is 80.4 cm³/mol. The molecule has 0 aliphatic rings. The van der Waals surface area contributed by atoms with Crippen LogP contribution in [0.25, 0.3) is 11.4 Å². The van der Waals surface area contributed by atoms with Crippen LogP contribution >= 0.6 is 39.7 Å². The van der Waals surface area contributed by atoms with Gasteiger partial charge >= 0.3 is 0 Å². The average molecular weight is 347 g/mol. The number of rotatable bonds is 3. The van der Waals surface area contributed by atoms with Gasteiger partial charge in [0.05, 0.1) is 0 Å². The number of hydrogen-bond donors (Lipinski definition) is 1. The van der Waals surface area contributed by atoms with E-state index >= 15 is 0 Å². The van der Waals surface area contributed by atoms with Crippen molar-refractivity contribution in [1.29, 1.82) is 0 Å². The standard InChI is InChI=1S/C12H13BrClN3S/c1-7(2)6-17-11(15-16-12(17)18)8-3-9(13)5-10(14)4-8/h3-5,7H,6H2,1-2H3,(H,16,18). The molecule has 0 saturated carbocycles. The van der Waals surface area contributed by atoms with E-state index in [-0.39, 0.29) is 0 Å². The number of halogens is 2. The van der Waals surface area contributed by atoms with Crippen molar-refractivity contribution in [3.8, 4) is 11.4 Å². The number of benzene rings is 1. The minimum Gasteiger partial charge on any atom is -0.300 e. The van der Waals surface area contributed by atoms with Gasteiger partial charge in [0, 0.05) is 21.6 Å². The molecule has 3 nitrogen and oxygen atoms in total. The van der Waals surface area contributed by atoms with Crippen LogP contribution in [0.3, 0.4) is 0 Å². The van der Waals surface area contributed by atoms with Gasteiger partial charge in [-0.3, -0.25) is 9.67 Å². The molecule has 0 aliphatic carbocycles. The fraction of sp³-hybridized carbons (Fsp3) is 0.333. The Hall–Kier alpha value is -0.650. The van der Waals surface area contributed by atoms with Gasteiger partial charge in [0.2, 0.25) is 0 Å². The zero-order chi connectivity index (χ0) is 13.3. The summed E-state index contributed by atoms with van der Waals surface area (Å²) in [5, 5.41) is 7.80. The van der Waals surface area contributed by atoms with Gasteiger partial charge in [0.15, 0.2) is 10.6 Å². The van der Waals surface area contributed by atoms with Crippen molar-refractivity contribution >= 4 is 39.7 Å². The van der Waals surface area contributed by atoms with E-state index in [2.05, 4.69) is 40.0 Å². The van der Waals surface area contributed by atoms with Crippen LogP contribution < -0.4 is 0 Å². The molecule has 0 fully saturated rings. The van der Waals surface area contributed by atoms with Crippen LogP contribution in [0.5, 0.6) is 0 Å². The molecule has 6 heteroatoms. The third kappa shape index (κ3) is 3.02. The number of aromatic amines is 1. The molecule has 2 rings (SSSR count). The molecule has 0 atom stereocenters. The monoisotopic (exact) mass is 345 g/mol. The minimum absolute atomic E-state index is 0.496. The van der Waals surface area contributed by atoms with Crippen molar-refractivity contribution in [3.05, 3.63) is 32.5 Å². The van der Waals surface area contributed by atoms with Crippen LogP contribution in [-0.2, 0) is 6.54 Å². The summed E-state index contributed by atoms with van der Waals surface area (Å²) in [4.78, 5) is 0. The highest BCUT2D eigenvalue weighted by molar-refractivity contribution is 9.10. The first-order valence-corrected chi connectivity index (χ1v) is 7.17. The van der Waals surface area contributed by atoms with Gasteiger partial charge in [-0.15, -0.1) is 0 Å². The molecule has 1 heterocycles. The van der Waals surface area contributed by atoms with Crippen molar-refractivity contribution < 1.29 is 0 Å². The van der Waals surface area contributed by atoms with Gasteiger partial charge < -0.3 is 0 Å².